The maximum absolute atomic E-state index is 6.61. The largest absolute Gasteiger partial charge is 0.493 e. The molecule has 0 spiro atoms. The van der Waals surface area contributed by atoms with Crippen LogP contribution in [0.15, 0.2) is 65.2 Å². The topological polar surface area (TPSA) is 30.5 Å². The molecular weight excluding hydrogens is 545 g/mol. The van der Waals surface area contributed by atoms with Crippen LogP contribution < -0.4 is 14.8 Å². The van der Waals surface area contributed by atoms with Gasteiger partial charge in [0, 0.05) is 11.5 Å². The zero-order chi connectivity index (χ0) is 23.1. The lowest BCUT2D eigenvalue weighted by atomic mass is 9.77. The molecule has 170 valence electrons. The molecule has 0 aromatic heterocycles. The Morgan fingerprint density at radius 3 is 2.61 bits per heavy atom. The van der Waals surface area contributed by atoms with Crippen LogP contribution in [0.1, 0.15) is 35.1 Å². The smallest absolute Gasteiger partial charge is 0.175 e. The second kappa shape index (κ2) is 9.42. The van der Waals surface area contributed by atoms with Crippen LogP contribution in [-0.4, -0.2) is 7.11 Å². The minimum absolute atomic E-state index is 0.0145. The van der Waals surface area contributed by atoms with Gasteiger partial charge in [-0.05, 0) is 57.6 Å². The molecule has 1 N–H and O–H groups in total. The molecule has 0 radical (unpaired) electrons. The van der Waals surface area contributed by atoms with Crippen molar-refractivity contribution in [2.24, 2.45) is 5.92 Å². The quantitative estimate of drug-likeness (QED) is 0.248. The molecule has 3 atom stereocenters. The molecule has 1 heterocycles. The third-order valence-corrected chi connectivity index (χ3v) is 8.01. The Balaban J connectivity index is 1.51. The first-order valence-electron chi connectivity index (χ1n) is 10.6. The SMILES string of the molecule is COc1cc([C@@H]2Nc3c(Cl)cc(Cl)c(Cl)c3[C@@H]3C=CC[C@@H]32)cc(Br)c1OCc1ccccc1. The summed E-state index contributed by atoms with van der Waals surface area (Å²) in [6.45, 7) is 0.452. The molecule has 0 saturated heterocycles. The van der Waals surface area contributed by atoms with Gasteiger partial charge >= 0.3 is 0 Å². The molecule has 0 unspecified atom stereocenters. The monoisotopic (exact) mass is 563 g/mol. The number of benzene rings is 3. The van der Waals surface area contributed by atoms with Gasteiger partial charge in [0.15, 0.2) is 11.5 Å². The van der Waals surface area contributed by atoms with Crippen molar-refractivity contribution >= 4 is 56.4 Å². The molecule has 2 aliphatic rings. The van der Waals surface area contributed by atoms with Crippen molar-refractivity contribution < 1.29 is 9.47 Å². The Labute approximate surface area is 216 Å². The van der Waals surface area contributed by atoms with Crippen LogP contribution in [0.4, 0.5) is 5.69 Å². The minimum Gasteiger partial charge on any atom is -0.493 e. The highest BCUT2D eigenvalue weighted by Gasteiger charge is 2.41. The zero-order valence-electron chi connectivity index (χ0n) is 17.7. The summed E-state index contributed by atoms with van der Waals surface area (Å²) in [4.78, 5) is 0. The van der Waals surface area contributed by atoms with Gasteiger partial charge < -0.3 is 14.8 Å². The van der Waals surface area contributed by atoms with Gasteiger partial charge in [0.25, 0.3) is 0 Å². The molecule has 0 amide bonds. The van der Waals surface area contributed by atoms with Crippen LogP contribution in [0.3, 0.4) is 0 Å². The van der Waals surface area contributed by atoms with Crippen LogP contribution in [-0.2, 0) is 6.61 Å². The Morgan fingerprint density at radius 2 is 1.85 bits per heavy atom. The predicted molar refractivity (Wildman–Crippen MR) is 139 cm³/mol. The summed E-state index contributed by atoms with van der Waals surface area (Å²) in [5.74, 6) is 1.76. The first-order valence-corrected chi connectivity index (χ1v) is 12.6. The van der Waals surface area contributed by atoms with Crippen LogP contribution in [0.25, 0.3) is 0 Å². The number of allylic oxidation sites excluding steroid dienone is 2. The molecule has 5 rings (SSSR count). The van der Waals surface area contributed by atoms with Gasteiger partial charge in [0.1, 0.15) is 6.61 Å². The molecule has 0 bridgehead atoms. The van der Waals surface area contributed by atoms with Gasteiger partial charge in [0.2, 0.25) is 0 Å². The van der Waals surface area contributed by atoms with Crippen molar-refractivity contribution in [3.8, 4) is 11.5 Å². The summed E-state index contributed by atoms with van der Waals surface area (Å²) in [7, 11) is 1.66. The van der Waals surface area contributed by atoms with E-state index in [9.17, 15) is 0 Å². The maximum Gasteiger partial charge on any atom is 0.175 e. The summed E-state index contributed by atoms with van der Waals surface area (Å²) in [5.41, 5.74) is 3.98. The van der Waals surface area contributed by atoms with E-state index in [0.717, 1.165) is 33.3 Å². The number of ether oxygens (including phenoxy) is 2. The molecule has 3 aromatic rings. The van der Waals surface area contributed by atoms with Crippen LogP contribution in [0, 0.1) is 5.92 Å². The van der Waals surface area contributed by atoms with E-state index in [1.165, 1.54) is 0 Å². The van der Waals surface area contributed by atoms with Crippen molar-refractivity contribution in [1.82, 2.24) is 0 Å². The highest BCUT2D eigenvalue weighted by atomic mass is 79.9. The van der Waals surface area contributed by atoms with Gasteiger partial charge in [-0.15, -0.1) is 0 Å². The van der Waals surface area contributed by atoms with E-state index in [2.05, 4.69) is 39.5 Å². The van der Waals surface area contributed by atoms with Crippen molar-refractivity contribution in [2.75, 3.05) is 12.4 Å². The third kappa shape index (κ3) is 4.23. The van der Waals surface area contributed by atoms with E-state index in [1.54, 1.807) is 13.2 Å². The normalized spacial score (nSPS) is 20.7. The Morgan fingerprint density at radius 1 is 1.06 bits per heavy atom. The summed E-state index contributed by atoms with van der Waals surface area (Å²) < 4.78 is 12.7. The number of anilines is 1. The first kappa shape index (κ1) is 22.9. The lowest BCUT2D eigenvalue weighted by Crippen LogP contribution is -2.29. The molecule has 0 saturated carbocycles. The Kier molecular flexibility index (Phi) is 6.54. The minimum atomic E-state index is 0.0145. The highest BCUT2D eigenvalue weighted by Crippen LogP contribution is 2.55. The van der Waals surface area contributed by atoms with E-state index < -0.39 is 0 Å². The van der Waals surface area contributed by atoms with E-state index in [4.69, 9.17) is 44.3 Å². The fourth-order valence-corrected chi connectivity index (χ4v) is 6.16. The molecule has 33 heavy (non-hydrogen) atoms. The Bertz CT molecular complexity index is 1230. The Hall–Kier alpha value is -1.85. The van der Waals surface area contributed by atoms with Crippen molar-refractivity contribution in [2.45, 2.75) is 25.0 Å². The third-order valence-electron chi connectivity index (χ3n) is 6.32. The van der Waals surface area contributed by atoms with Crippen molar-refractivity contribution in [3.63, 3.8) is 0 Å². The van der Waals surface area contributed by atoms with E-state index in [-0.39, 0.29) is 17.9 Å². The lowest BCUT2D eigenvalue weighted by molar-refractivity contribution is 0.282. The predicted octanol–water partition coefficient (Wildman–Crippen LogP) is 8.82. The van der Waals surface area contributed by atoms with Gasteiger partial charge in [-0.3, -0.25) is 0 Å². The van der Waals surface area contributed by atoms with Crippen LogP contribution >= 0.6 is 50.7 Å². The number of fused-ring (bicyclic) bond motifs is 3. The summed E-state index contributed by atoms with van der Waals surface area (Å²) in [5, 5.41) is 5.25. The number of nitrogens with one attached hydrogen (secondary N) is 1. The highest BCUT2D eigenvalue weighted by molar-refractivity contribution is 9.10. The molecule has 1 aliphatic heterocycles. The molecule has 3 aromatic carbocycles. The van der Waals surface area contributed by atoms with Crippen molar-refractivity contribution in [1.29, 1.82) is 0 Å². The van der Waals surface area contributed by atoms with Crippen LogP contribution in [0.5, 0.6) is 11.5 Å². The number of hydrogen-bond acceptors (Lipinski definition) is 3. The fraction of sp³-hybridized carbons (Fsp3) is 0.231. The number of methoxy groups -OCH3 is 1. The van der Waals surface area contributed by atoms with Gasteiger partial charge in [-0.2, -0.15) is 0 Å². The number of rotatable bonds is 5. The van der Waals surface area contributed by atoms with Gasteiger partial charge in [-0.1, -0.05) is 77.3 Å². The average molecular weight is 566 g/mol. The van der Waals surface area contributed by atoms with E-state index >= 15 is 0 Å². The summed E-state index contributed by atoms with van der Waals surface area (Å²) in [6, 6.07) is 15.9. The molecule has 7 heteroatoms. The summed E-state index contributed by atoms with van der Waals surface area (Å²) in [6.07, 6.45) is 5.34. The number of halogens is 4. The van der Waals surface area contributed by atoms with Crippen LogP contribution in [0.2, 0.25) is 15.1 Å². The molecule has 3 nitrogen and oxygen atoms in total. The zero-order valence-corrected chi connectivity index (χ0v) is 21.6. The number of hydrogen-bond donors (Lipinski definition) is 1. The lowest BCUT2D eigenvalue weighted by Gasteiger charge is -2.38. The first-order chi connectivity index (χ1) is 16.0. The molecule has 1 aliphatic carbocycles. The maximum atomic E-state index is 6.61. The van der Waals surface area contributed by atoms with Crippen molar-refractivity contribution in [3.05, 3.63) is 96.9 Å². The summed E-state index contributed by atoms with van der Waals surface area (Å²) >= 11 is 23.3. The second-order valence-electron chi connectivity index (χ2n) is 8.23. The van der Waals surface area contributed by atoms with Gasteiger partial charge in [-0.25, -0.2) is 0 Å². The second-order valence-corrected chi connectivity index (χ2v) is 10.3. The van der Waals surface area contributed by atoms with E-state index in [1.807, 2.05) is 36.4 Å². The fourth-order valence-electron chi connectivity index (χ4n) is 4.78. The standard InChI is InChI=1S/C26H21BrCl3NO2/c1-32-21-11-15(10-18(27)26(21)33-13-14-6-3-2-4-7-14)24-17-9-5-8-16(17)22-23(30)19(28)12-20(29)25(22)31-24/h2-8,10-12,16-17,24,31H,9,13H2,1H3/t16-,17+,24+/m1/s1. The van der Waals surface area contributed by atoms with E-state index in [0.29, 0.717) is 33.2 Å². The molecular formula is C26H21BrCl3NO2. The average Bonchev–Trinajstić information content (AvgIpc) is 3.31. The molecule has 0 fully saturated rings. The van der Waals surface area contributed by atoms with Gasteiger partial charge in [0.05, 0.1) is 38.4 Å².